The quantitative estimate of drug-likeness (QED) is 0.809. The Hall–Kier alpha value is -1.97. The molecule has 0 aliphatic carbocycles. The molecule has 2 aromatic rings. The summed E-state index contributed by atoms with van der Waals surface area (Å²) in [6.45, 7) is 0.404. The van der Waals surface area contributed by atoms with Gasteiger partial charge in [-0.1, -0.05) is 30.0 Å². The third-order valence-corrected chi connectivity index (χ3v) is 7.22. The predicted octanol–water partition coefficient (Wildman–Crippen LogP) is 1.69. The molecule has 130 valence electrons. The Labute approximate surface area is 149 Å². The van der Waals surface area contributed by atoms with Gasteiger partial charge in [0.1, 0.15) is 4.90 Å². The summed E-state index contributed by atoms with van der Waals surface area (Å²) in [7, 11) is -3.75. The minimum Gasteiger partial charge on any atom is -0.273 e. The largest absolute Gasteiger partial charge is 0.289 e. The van der Waals surface area contributed by atoms with E-state index in [1.807, 2.05) is 12.1 Å². The SMILES string of the molecule is O=C1CSC(=O)N1[C@H]1CCN(S(=O)(=O)c2cccc3cccnc23)C1. The maximum absolute atomic E-state index is 13.1. The number of pyridine rings is 1. The molecule has 0 radical (unpaired) electrons. The number of para-hydroxylation sites is 1. The molecule has 4 rings (SSSR count). The van der Waals surface area contributed by atoms with E-state index in [4.69, 9.17) is 0 Å². The normalized spacial score (nSPS) is 22.2. The maximum atomic E-state index is 13.1. The van der Waals surface area contributed by atoms with Crippen LogP contribution in [0.25, 0.3) is 10.9 Å². The Morgan fingerprint density at radius 2 is 1.96 bits per heavy atom. The van der Waals surface area contributed by atoms with E-state index < -0.39 is 16.1 Å². The van der Waals surface area contributed by atoms with E-state index >= 15 is 0 Å². The molecule has 2 amide bonds. The van der Waals surface area contributed by atoms with Crippen molar-refractivity contribution in [3.8, 4) is 0 Å². The highest BCUT2D eigenvalue weighted by molar-refractivity contribution is 8.14. The van der Waals surface area contributed by atoms with Gasteiger partial charge in [0.05, 0.1) is 17.3 Å². The number of imide groups is 1. The molecule has 2 fully saturated rings. The van der Waals surface area contributed by atoms with Gasteiger partial charge in [0, 0.05) is 24.7 Å². The van der Waals surface area contributed by atoms with Gasteiger partial charge in [-0.05, 0) is 18.6 Å². The highest BCUT2D eigenvalue weighted by Crippen LogP contribution is 2.30. The summed E-state index contributed by atoms with van der Waals surface area (Å²) in [5.74, 6) is -0.110. The number of fused-ring (bicyclic) bond motifs is 1. The van der Waals surface area contributed by atoms with Gasteiger partial charge in [-0.3, -0.25) is 19.5 Å². The van der Waals surface area contributed by atoms with E-state index in [9.17, 15) is 18.0 Å². The highest BCUT2D eigenvalue weighted by atomic mass is 32.2. The van der Waals surface area contributed by atoms with Crippen molar-refractivity contribution in [1.82, 2.24) is 14.2 Å². The summed E-state index contributed by atoms with van der Waals surface area (Å²) in [6, 6.07) is 8.22. The number of benzene rings is 1. The smallest absolute Gasteiger partial charge is 0.273 e. The van der Waals surface area contributed by atoms with E-state index in [0.29, 0.717) is 11.9 Å². The van der Waals surface area contributed by atoms with Crippen LogP contribution >= 0.6 is 11.8 Å². The van der Waals surface area contributed by atoms with Gasteiger partial charge in [-0.25, -0.2) is 8.42 Å². The van der Waals surface area contributed by atoms with Gasteiger partial charge < -0.3 is 0 Å². The van der Waals surface area contributed by atoms with Crippen molar-refractivity contribution in [3.63, 3.8) is 0 Å². The second-order valence-electron chi connectivity index (χ2n) is 5.96. The lowest BCUT2D eigenvalue weighted by molar-refractivity contribution is -0.126. The first-order valence-corrected chi connectivity index (χ1v) is 10.2. The van der Waals surface area contributed by atoms with Crippen molar-refractivity contribution in [2.45, 2.75) is 17.4 Å². The van der Waals surface area contributed by atoms with Crippen LogP contribution in [0.4, 0.5) is 4.79 Å². The van der Waals surface area contributed by atoms with Crippen molar-refractivity contribution in [2.75, 3.05) is 18.8 Å². The summed E-state index contributed by atoms with van der Waals surface area (Å²) in [4.78, 5) is 29.3. The second kappa shape index (κ2) is 6.08. The van der Waals surface area contributed by atoms with E-state index in [-0.39, 0.29) is 34.9 Å². The lowest BCUT2D eigenvalue weighted by Crippen LogP contribution is -2.41. The van der Waals surface area contributed by atoms with Gasteiger partial charge in [-0.2, -0.15) is 4.31 Å². The van der Waals surface area contributed by atoms with Crippen LogP contribution in [0.3, 0.4) is 0 Å². The Bertz CT molecular complexity index is 955. The standard InChI is InChI=1S/C16H15N3O4S2/c20-14-10-24-16(21)19(14)12-6-8-18(9-12)25(22,23)13-5-1-3-11-4-2-7-17-15(11)13/h1-5,7,12H,6,8-10H2/t12-/m0/s1. The van der Waals surface area contributed by atoms with E-state index in [1.165, 1.54) is 9.21 Å². The monoisotopic (exact) mass is 377 g/mol. The number of thioether (sulfide) groups is 1. The predicted molar refractivity (Wildman–Crippen MR) is 93.6 cm³/mol. The van der Waals surface area contributed by atoms with E-state index in [1.54, 1.807) is 24.4 Å². The number of carbonyl (C=O) groups is 2. The molecule has 0 saturated carbocycles. The lowest BCUT2D eigenvalue weighted by Gasteiger charge is -2.22. The van der Waals surface area contributed by atoms with Crippen LogP contribution in [-0.4, -0.2) is 58.6 Å². The van der Waals surface area contributed by atoms with Gasteiger partial charge in [0.25, 0.3) is 5.24 Å². The Balaban J connectivity index is 1.65. The summed E-state index contributed by atoms with van der Waals surface area (Å²) >= 11 is 0.967. The number of aromatic nitrogens is 1. The zero-order chi connectivity index (χ0) is 17.6. The first-order valence-electron chi connectivity index (χ1n) is 7.81. The van der Waals surface area contributed by atoms with Gasteiger partial charge >= 0.3 is 0 Å². The minimum absolute atomic E-state index is 0.129. The molecule has 0 unspecified atom stereocenters. The summed E-state index contributed by atoms with van der Waals surface area (Å²) in [6.07, 6.45) is 2.02. The zero-order valence-electron chi connectivity index (χ0n) is 13.2. The fourth-order valence-corrected chi connectivity index (χ4v) is 5.71. The summed E-state index contributed by atoms with van der Waals surface area (Å²) in [5, 5.41) is 0.460. The van der Waals surface area contributed by atoms with Crippen LogP contribution in [-0.2, 0) is 14.8 Å². The first-order chi connectivity index (χ1) is 12.0. The van der Waals surface area contributed by atoms with Crippen molar-refractivity contribution < 1.29 is 18.0 Å². The molecule has 9 heteroatoms. The van der Waals surface area contributed by atoms with Crippen molar-refractivity contribution in [2.24, 2.45) is 0 Å². The average Bonchev–Trinajstić information content (AvgIpc) is 3.21. The Morgan fingerprint density at radius 1 is 1.16 bits per heavy atom. The Morgan fingerprint density at radius 3 is 2.72 bits per heavy atom. The van der Waals surface area contributed by atoms with Crippen LogP contribution in [0, 0.1) is 0 Å². The number of sulfonamides is 1. The van der Waals surface area contributed by atoms with Crippen molar-refractivity contribution >= 4 is 43.8 Å². The molecule has 3 heterocycles. The van der Waals surface area contributed by atoms with Crippen LogP contribution in [0.15, 0.2) is 41.4 Å². The maximum Gasteiger partial charge on any atom is 0.289 e. The third kappa shape index (κ3) is 2.72. The van der Waals surface area contributed by atoms with E-state index in [2.05, 4.69) is 4.98 Å². The molecule has 0 spiro atoms. The molecule has 1 aromatic carbocycles. The molecule has 1 atom stereocenters. The topological polar surface area (TPSA) is 87.7 Å². The van der Waals surface area contributed by atoms with Gasteiger partial charge in [0.2, 0.25) is 15.9 Å². The summed E-state index contributed by atoms with van der Waals surface area (Å²) in [5.41, 5.74) is 0.428. The first kappa shape index (κ1) is 16.5. The fraction of sp³-hybridized carbons (Fsp3) is 0.312. The molecule has 25 heavy (non-hydrogen) atoms. The molecule has 2 saturated heterocycles. The second-order valence-corrected chi connectivity index (χ2v) is 8.79. The van der Waals surface area contributed by atoms with E-state index in [0.717, 1.165) is 17.1 Å². The lowest BCUT2D eigenvalue weighted by atomic mass is 10.2. The molecule has 2 aliphatic heterocycles. The zero-order valence-corrected chi connectivity index (χ0v) is 14.8. The van der Waals surface area contributed by atoms with Crippen LogP contribution < -0.4 is 0 Å². The number of nitrogens with zero attached hydrogens (tertiary/aromatic N) is 3. The Kier molecular flexibility index (Phi) is 4.01. The molecular formula is C16H15N3O4S2. The molecule has 0 N–H and O–H groups in total. The number of rotatable bonds is 3. The highest BCUT2D eigenvalue weighted by Gasteiger charge is 2.42. The molecule has 7 nitrogen and oxygen atoms in total. The number of amides is 2. The van der Waals surface area contributed by atoms with Crippen LogP contribution in [0.2, 0.25) is 0 Å². The minimum atomic E-state index is -3.75. The number of hydrogen-bond donors (Lipinski definition) is 0. The molecule has 2 aliphatic rings. The van der Waals surface area contributed by atoms with Gasteiger partial charge in [0.15, 0.2) is 0 Å². The van der Waals surface area contributed by atoms with Crippen molar-refractivity contribution in [3.05, 3.63) is 36.5 Å². The number of carbonyl (C=O) groups excluding carboxylic acids is 2. The molecule has 1 aromatic heterocycles. The third-order valence-electron chi connectivity index (χ3n) is 4.49. The van der Waals surface area contributed by atoms with Gasteiger partial charge in [-0.15, -0.1) is 0 Å². The number of hydrogen-bond acceptors (Lipinski definition) is 6. The molecular weight excluding hydrogens is 362 g/mol. The van der Waals surface area contributed by atoms with Crippen LogP contribution in [0.1, 0.15) is 6.42 Å². The summed E-state index contributed by atoms with van der Waals surface area (Å²) < 4.78 is 27.5. The van der Waals surface area contributed by atoms with Crippen LogP contribution in [0.5, 0.6) is 0 Å². The van der Waals surface area contributed by atoms with Crippen molar-refractivity contribution in [1.29, 1.82) is 0 Å². The average molecular weight is 377 g/mol. The molecule has 0 bridgehead atoms. The fourth-order valence-electron chi connectivity index (χ4n) is 3.28.